The summed E-state index contributed by atoms with van der Waals surface area (Å²) in [5.74, 6) is 0.467. The van der Waals surface area contributed by atoms with Crippen LogP contribution in [0.5, 0.6) is 0 Å². The van der Waals surface area contributed by atoms with Gasteiger partial charge in [-0.2, -0.15) is 0 Å². The highest BCUT2D eigenvalue weighted by Crippen LogP contribution is 2.37. The van der Waals surface area contributed by atoms with Gasteiger partial charge in [0, 0.05) is 24.7 Å². The first-order chi connectivity index (χ1) is 12.5. The average molecular weight is 377 g/mol. The maximum absolute atomic E-state index is 11.1. The number of aliphatic carboxylic acids is 1. The second kappa shape index (κ2) is 6.76. The summed E-state index contributed by atoms with van der Waals surface area (Å²) in [7, 11) is 0. The maximum Gasteiger partial charge on any atom is 0.326 e. The lowest BCUT2D eigenvalue weighted by molar-refractivity contribution is -0.380. The standard InChI is InChI=1S/C16H19N5O4S/c22-14(23)7-20(6-9-1-2-9)11-3-10(4-11)19-15-12-5-13(21(24)25)26-16(12)18-8-17-15/h5,8-11H,1-4,6-7H2,(H,22,23)(H,17,18,19). The summed E-state index contributed by atoms with van der Waals surface area (Å²) in [5, 5.41) is 24.1. The molecule has 9 nitrogen and oxygen atoms in total. The Morgan fingerprint density at radius 2 is 2.19 bits per heavy atom. The normalized spacial score (nSPS) is 22.3. The van der Waals surface area contributed by atoms with Crippen LogP contribution < -0.4 is 5.32 Å². The Balaban J connectivity index is 1.41. The van der Waals surface area contributed by atoms with Crippen LogP contribution in [0.4, 0.5) is 10.8 Å². The lowest BCUT2D eigenvalue weighted by Crippen LogP contribution is -2.52. The number of carboxylic acids is 1. The zero-order chi connectivity index (χ0) is 18.3. The van der Waals surface area contributed by atoms with E-state index in [2.05, 4.69) is 20.2 Å². The van der Waals surface area contributed by atoms with Crippen molar-refractivity contribution in [1.29, 1.82) is 0 Å². The number of hydrogen-bond donors (Lipinski definition) is 2. The summed E-state index contributed by atoms with van der Waals surface area (Å²) in [6, 6.07) is 1.95. The Hall–Kier alpha value is -2.33. The number of nitrogens with zero attached hydrogens (tertiary/aromatic N) is 4. The van der Waals surface area contributed by atoms with Gasteiger partial charge in [-0.3, -0.25) is 19.8 Å². The highest BCUT2D eigenvalue weighted by molar-refractivity contribution is 7.21. The number of hydrogen-bond acceptors (Lipinski definition) is 8. The molecule has 0 amide bonds. The van der Waals surface area contributed by atoms with Crippen molar-refractivity contribution in [3.63, 3.8) is 0 Å². The number of rotatable bonds is 8. The molecule has 0 saturated heterocycles. The highest BCUT2D eigenvalue weighted by Gasteiger charge is 2.37. The molecule has 0 radical (unpaired) electrons. The van der Waals surface area contributed by atoms with Crippen LogP contribution in [0.25, 0.3) is 10.2 Å². The Morgan fingerprint density at radius 1 is 1.42 bits per heavy atom. The third-order valence-electron chi connectivity index (χ3n) is 4.99. The molecule has 2 aliphatic carbocycles. The molecule has 138 valence electrons. The van der Waals surface area contributed by atoms with Crippen molar-refractivity contribution in [3.8, 4) is 0 Å². The van der Waals surface area contributed by atoms with Crippen LogP contribution in [0, 0.1) is 16.0 Å². The van der Waals surface area contributed by atoms with Crippen LogP contribution >= 0.6 is 11.3 Å². The van der Waals surface area contributed by atoms with Crippen molar-refractivity contribution >= 4 is 38.3 Å². The zero-order valence-electron chi connectivity index (χ0n) is 14.0. The monoisotopic (exact) mass is 377 g/mol. The van der Waals surface area contributed by atoms with Crippen LogP contribution in [0.2, 0.25) is 0 Å². The lowest BCUT2D eigenvalue weighted by atomic mass is 9.85. The van der Waals surface area contributed by atoms with Crippen molar-refractivity contribution in [3.05, 3.63) is 22.5 Å². The van der Waals surface area contributed by atoms with Gasteiger partial charge in [-0.25, -0.2) is 9.97 Å². The molecule has 2 heterocycles. The molecular weight excluding hydrogens is 358 g/mol. The molecule has 2 aromatic rings. The van der Waals surface area contributed by atoms with E-state index in [0.717, 1.165) is 30.7 Å². The van der Waals surface area contributed by atoms with Gasteiger partial charge in [0.25, 0.3) is 0 Å². The number of nitro groups is 1. The van der Waals surface area contributed by atoms with Gasteiger partial charge in [0.05, 0.1) is 16.9 Å². The fraction of sp³-hybridized carbons (Fsp3) is 0.562. The van der Waals surface area contributed by atoms with Crippen LogP contribution in [0.3, 0.4) is 0 Å². The minimum Gasteiger partial charge on any atom is -0.480 e. The Kier molecular flexibility index (Phi) is 4.45. The SMILES string of the molecule is O=C(O)CN(CC1CC1)C1CC(Nc2ncnc3sc([N+](=O)[O-])cc23)C1. The first kappa shape index (κ1) is 17.1. The number of anilines is 1. The molecule has 0 aromatic carbocycles. The number of carboxylic acid groups (broad SMARTS) is 1. The minimum absolute atomic E-state index is 0.0482. The molecule has 10 heteroatoms. The number of fused-ring (bicyclic) bond motifs is 1. The van der Waals surface area contributed by atoms with Crippen molar-refractivity contribution in [2.45, 2.75) is 37.8 Å². The molecule has 2 aromatic heterocycles. The number of nitrogens with one attached hydrogen (secondary N) is 1. The molecule has 0 spiro atoms. The first-order valence-electron chi connectivity index (χ1n) is 8.61. The van der Waals surface area contributed by atoms with E-state index in [4.69, 9.17) is 5.11 Å². The predicted octanol–water partition coefficient (Wildman–Crippen LogP) is 2.34. The van der Waals surface area contributed by atoms with Gasteiger partial charge in [0.2, 0.25) is 0 Å². The van der Waals surface area contributed by atoms with Crippen molar-refractivity contribution < 1.29 is 14.8 Å². The van der Waals surface area contributed by atoms with E-state index in [-0.39, 0.29) is 23.6 Å². The molecule has 26 heavy (non-hydrogen) atoms. The number of carbonyl (C=O) groups is 1. The molecule has 2 aliphatic rings. The van der Waals surface area contributed by atoms with Gasteiger partial charge in [0.15, 0.2) is 0 Å². The van der Waals surface area contributed by atoms with Gasteiger partial charge < -0.3 is 10.4 Å². The molecule has 2 saturated carbocycles. The van der Waals surface area contributed by atoms with Gasteiger partial charge in [0.1, 0.15) is 17.0 Å². The smallest absolute Gasteiger partial charge is 0.326 e. The Bertz CT molecular complexity index is 846. The summed E-state index contributed by atoms with van der Waals surface area (Å²) in [6.45, 7) is 0.945. The summed E-state index contributed by atoms with van der Waals surface area (Å²) >= 11 is 1.03. The molecule has 2 fully saturated rings. The number of aromatic nitrogens is 2. The molecular formula is C16H19N5O4S. The van der Waals surface area contributed by atoms with Gasteiger partial charge >= 0.3 is 11.0 Å². The van der Waals surface area contributed by atoms with E-state index in [1.807, 2.05) is 0 Å². The first-order valence-corrected chi connectivity index (χ1v) is 9.42. The van der Waals surface area contributed by atoms with E-state index < -0.39 is 10.9 Å². The topological polar surface area (TPSA) is 121 Å². The summed E-state index contributed by atoms with van der Waals surface area (Å²) in [4.78, 5) is 32.6. The molecule has 0 bridgehead atoms. The third kappa shape index (κ3) is 3.61. The van der Waals surface area contributed by atoms with Crippen LogP contribution in [-0.2, 0) is 4.79 Å². The van der Waals surface area contributed by atoms with Gasteiger partial charge in [-0.05, 0) is 42.9 Å². The molecule has 2 N–H and O–H groups in total. The molecule has 0 unspecified atom stereocenters. The minimum atomic E-state index is -0.787. The fourth-order valence-corrected chi connectivity index (χ4v) is 4.21. The second-order valence-electron chi connectivity index (χ2n) is 7.02. The van der Waals surface area contributed by atoms with Crippen LogP contribution in [0.15, 0.2) is 12.4 Å². The summed E-state index contributed by atoms with van der Waals surface area (Å²) in [5.41, 5.74) is 0. The summed E-state index contributed by atoms with van der Waals surface area (Å²) in [6.07, 6.45) is 5.49. The van der Waals surface area contributed by atoms with E-state index in [0.29, 0.717) is 22.0 Å². The van der Waals surface area contributed by atoms with Crippen LogP contribution in [-0.4, -0.2) is 56.0 Å². The van der Waals surface area contributed by atoms with Gasteiger partial charge in [-0.1, -0.05) is 0 Å². The maximum atomic E-state index is 11.1. The largest absolute Gasteiger partial charge is 0.480 e. The molecule has 0 atom stereocenters. The van der Waals surface area contributed by atoms with E-state index in [9.17, 15) is 14.9 Å². The zero-order valence-corrected chi connectivity index (χ0v) is 14.8. The Labute approximate surface area is 153 Å². The van der Waals surface area contributed by atoms with Crippen molar-refractivity contribution in [2.75, 3.05) is 18.4 Å². The Morgan fingerprint density at radius 3 is 2.85 bits per heavy atom. The van der Waals surface area contributed by atoms with E-state index >= 15 is 0 Å². The third-order valence-corrected chi connectivity index (χ3v) is 5.99. The van der Waals surface area contributed by atoms with Crippen LogP contribution in [0.1, 0.15) is 25.7 Å². The van der Waals surface area contributed by atoms with E-state index in [1.54, 1.807) is 0 Å². The quantitative estimate of drug-likeness (QED) is 0.531. The second-order valence-corrected chi connectivity index (χ2v) is 8.02. The fourth-order valence-electron chi connectivity index (χ4n) is 3.39. The highest BCUT2D eigenvalue weighted by atomic mass is 32.1. The van der Waals surface area contributed by atoms with Crippen molar-refractivity contribution in [2.24, 2.45) is 5.92 Å². The lowest BCUT2D eigenvalue weighted by Gasteiger charge is -2.43. The number of thiophene rings is 1. The summed E-state index contributed by atoms with van der Waals surface area (Å²) < 4.78 is 0. The molecule has 0 aliphatic heterocycles. The predicted molar refractivity (Wildman–Crippen MR) is 96.4 cm³/mol. The average Bonchev–Trinajstić information content (AvgIpc) is 3.23. The van der Waals surface area contributed by atoms with E-state index in [1.165, 1.54) is 25.2 Å². The van der Waals surface area contributed by atoms with Crippen molar-refractivity contribution in [1.82, 2.24) is 14.9 Å². The van der Waals surface area contributed by atoms with Gasteiger partial charge in [-0.15, -0.1) is 0 Å². The molecule has 4 rings (SSSR count).